The largest absolute Gasteiger partial charge is 0.495 e. The van der Waals surface area contributed by atoms with E-state index in [0.717, 1.165) is 9.35 Å². The minimum Gasteiger partial charge on any atom is -0.495 e. The summed E-state index contributed by atoms with van der Waals surface area (Å²) in [6.07, 6.45) is 0. The van der Waals surface area contributed by atoms with Gasteiger partial charge in [0.05, 0.1) is 18.4 Å². The van der Waals surface area contributed by atoms with E-state index >= 15 is 0 Å². The Hall–Kier alpha value is -1.53. The van der Waals surface area contributed by atoms with Crippen LogP contribution in [-0.2, 0) is 6.54 Å². The lowest BCUT2D eigenvalue weighted by atomic mass is 10.2. The standard InChI is InChI=1S/C14H14BrNO3S/c1-8-11(15)6-10(20-8)7-16-12-5-9(14(17)18)3-4-13(12)19-2/h3-6,16H,7H2,1-2H3,(H,17,18). The molecule has 0 unspecified atom stereocenters. The minimum atomic E-state index is -0.953. The highest BCUT2D eigenvalue weighted by Crippen LogP contribution is 2.29. The molecule has 0 atom stereocenters. The average molecular weight is 356 g/mol. The molecule has 0 bridgehead atoms. The highest BCUT2D eigenvalue weighted by atomic mass is 79.9. The van der Waals surface area contributed by atoms with Crippen molar-refractivity contribution < 1.29 is 14.6 Å². The maximum atomic E-state index is 11.0. The van der Waals surface area contributed by atoms with E-state index in [0.29, 0.717) is 18.0 Å². The average Bonchev–Trinajstić information content (AvgIpc) is 2.75. The first-order valence-electron chi connectivity index (χ1n) is 5.91. The molecule has 6 heteroatoms. The van der Waals surface area contributed by atoms with Crippen LogP contribution in [0.25, 0.3) is 0 Å². The number of aromatic carboxylic acids is 1. The van der Waals surface area contributed by atoms with Crippen molar-refractivity contribution in [2.24, 2.45) is 0 Å². The van der Waals surface area contributed by atoms with Gasteiger partial charge in [0.15, 0.2) is 0 Å². The first-order chi connectivity index (χ1) is 9.51. The molecule has 0 saturated carbocycles. The van der Waals surface area contributed by atoms with E-state index in [4.69, 9.17) is 9.84 Å². The van der Waals surface area contributed by atoms with E-state index in [2.05, 4.69) is 27.3 Å². The van der Waals surface area contributed by atoms with Gasteiger partial charge in [-0.3, -0.25) is 0 Å². The molecule has 106 valence electrons. The number of hydrogen-bond acceptors (Lipinski definition) is 4. The molecular formula is C14H14BrNO3S. The van der Waals surface area contributed by atoms with Gasteiger partial charge in [-0.15, -0.1) is 11.3 Å². The first kappa shape index (κ1) is 14.9. The lowest BCUT2D eigenvalue weighted by molar-refractivity contribution is 0.0697. The topological polar surface area (TPSA) is 58.6 Å². The van der Waals surface area contributed by atoms with Crippen LogP contribution >= 0.6 is 27.3 Å². The molecule has 2 N–H and O–H groups in total. The molecule has 1 heterocycles. The number of halogens is 1. The normalized spacial score (nSPS) is 10.3. The van der Waals surface area contributed by atoms with Gasteiger partial charge in [-0.05, 0) is 47.1 Å². The van der Waals surface area contributed by atoms with Gasteiger partial charge < -0.3 is 15.2 Å². The highest BCUT2D eigenvalue weighted by molar-refractivity contribution is 9.10. The number of carboxylic acids is 1. The molecule has 0 aliphatic rings. The third kappa shape index (κ3) is 3.32. The Morgan fingerprint density at radius 2 is 2.20 bits per heavy atom. The van der Waals surface area contributed by atoms with Gasteiger partial charge in [-0.2, -0.15) is 0 Å². The van der Waals surface area contributed by atoms with Crippen LogP contribution in [0.2, 0.25) is 0 Å². The summed E-state index contributed by atoms with van der Waals surface area (Å²) in [5, 5.41) is 12.2. The zero-order chi connectivity index (χ0) is 14.7. The van der Waals surface area contributed by atoms with Gasteiger partial charge >= 0.3 is 5.97 Å². The summed E-state index contributed by atoms with van der Waals surface area (Å²) in [5.41, 5.74) is 0.909. The number of carboxylic acid groups (broad SMARTS) is 1. The van der Waals surface area contributed by atoms with E-state index in [1.54, 1.807) is 30.6 Å². The number of hydrogen-bond donors (Lipinski definition) is 2. The van der Waals surface area contributed by atoms with Crippen LogP contribution in [0.5, 0.6) is 5.75 Å². The molecule has 4 nitrogen and oxygen atoms in total. The maximum absolute atomic E-state index is 11.0. The lowest BCUT2D eigenvalue weighted by Crippen LogP contribution is -2.03. The minimum absolute atomic E-state index is 0.233. The van der Waals surface area contributed by atoms with Gasteiger partial charge in [-0.25, -0.2) is 4.79 Å². The number of carbonyl (C=O) groups is 1. The van der Waals surface area contributed by atoms with Crippen LogP contribution < -0.4 is 10.1 Å². The van der Waals surface area contributed by atoms with Crippen LogP contribution in [0.4, 0.5) is 5.69 Å². The van der Waals surface area contributed by atoms with Crippen LogP contribution in [0.1, 0.15) is 20.1 Å². The van der Waals surface area contributed by atoms with E-state index in [1.807, 2.05) is 6.92 Å². The zero-order valence-electron chi connectivity index (χ0n) is 11.1. The van der Waals surface area contributed by atoms with E-state index in [-0.39, 0.29) is 5.56 Å². The Balaban J connectivity index is 2.18. The number of methoxy groups -OCH3 is 1. The van der Waals surface area contributed by atoms with Gasteiger partial charge in [-0.1, -0.05) is 0 Å². The molecule has 2 rings (SSSR count). The third-order valence-electron chi connectivity index (χ3n) is 2.81. The fraction of sp³-hybridized carbons (Fsp3) is 0.214. The summed E-state index contributed by atoms with van der Waals surface area (Å²) in [5.74, 6) is -0.326. The van der Waals surface area contributed by atoms with Crippen LogP contribution in [0.15, 0.2) is 28.7 Å². The van der Waals surface area contributed by atoms with E-state index in [9.17, 15) is 4.79 Å². The quantitative estimate of drug-likeness (QED) is 0.846. The number of rotatable bonds is 5. The molecule has 0 aliphatic carbocycles. The fourth-order valence-corrected chi connectivity index (χ4v) is 3.31. The molecule has 0 saturated heterocycles. The number of ether oxygens (including phenoxy) is 1. The molecule has 20 heavy (non-hydrogen) atoms. The summed E-state index contributed by atoms with van der Waals surface area (Å²) in [6.45, 7) is 2.67. The molecule has 0 aliphatic heterocycles. The van der Waals surface area contributed by atoms with Crippen molar-refractivity contribution in [3.05, 3.63) is 44.1 Å². The van der Waals surface area contributed by atoms with Gasteiger partial charge in [0, 0.05) is 20.8 Å². The summed E-state index contributed by atoms with van der Waals surface area (Å²) >= 11 is 5.17. The van der Waals surface area contributed by atoms with Gasteiger partial charge in [0.25, 0.3) is 0 Å². The molecule has 0 amide bonds. The second-order valence-corrected chi connectivity index (χ2v) is 6.39. The second kappa shape index (κ2) is 6.28. The monoisotopic (exact) mass is 355 g/mol. The van der Waals surface area contributed by atoms with Crippen molar-refractivity contribution in [1.29, 1.82) is 0 Å². The molecule has 0 spiro atoms. The summed E-state index contributed by atoms with van der Waals surface area (Å²) < 4.78 is 6.32. The summed E-state index contributed by atoms with van der Waals surface area (Å²) in [7, 11) is 1.56. The number of benzene rings is 1. The molecule has 2 aromatic rings. The van der Waals surface area contributed by atoms with Crippen LogP contribution in [0.3, 0.4) is 0 Å². The SMILES string of the molecule is COc1ccc(C(=O)O)cc1NCc1cc(Br)c(C)s1. The number of thiophene rings is 1. The lowest BCUT2D eigenvalue weighted by Gasteiger charge is -2.11. The molecule has 0 fully saturated rings. The second-order valence-electron chi connectivity index (χ2n) is 4.19. The zero-order valence-corrected chi connectivity index (χ0v) is 13.5. The number of aryl methyl sites for hydroxylation is 1. The fourth-order valence-electron chi connectivity index (χ4n) is 1.77. The Morgan fingerprint density at radius 3 is 2.75 bits per heavy atom. The van der Waals surface area contributed by atoms with Crippen molar-refractivity contribution in [3.8, 4) is 5.75 Å². The van der Waals surface area contributed by atoms with Crippen molar-refractivity contribution in [1.82, 2.24) is 0 Å². The summed E-state index contributed by atoms with van der Waals surface area (Å²) in [6, 6.07) is 6.82. The van der Waals surface area contributed by atoms with Crippen LogP contribution in [0, 0.1) is 6.92 Å². The Morgan fingerprint density at radius 1 is 1.45 bits per heavy atom. The van der Waals surface area contributed by atoms with Crippen molar-refractivity contribution >= 4 is 38.9 Å². The number of nitrogens with one attached hydrogen (secondary N) is 1. The maximum Gasteiger partial charge on any atom is 0.335 e. The Bertz CT molecular complexity index is 620. The van der Waals surface area contributed by atoms with E-state index < -0.39 is 5.97 Å². The van der Waals surface area contributed by atoms with Gasteiger partial charge in [0.2, 0.25) is 0 Å². The third-order valence-corrected chi connectivity index (χ3v) is 4.94. The van der Waals surface area contributed by atoms with Gasteiger partial charge in [0.1, 0.15) is 5.75 Å². The molecule has 0 radical (unpaired) electrons. The smallest absolute Gasteiger partial charge is 0.335 e. The van der Waals surface area contributed by atoms with Crippen LogP contribution in [-0.4, -0.2) is 18.2 Å². The molecule has 1 aromatic heterocycles. The first-order valence-corrected chi connectivity index (χ1v) is 7.52. The number of anilines is 1. The van der Waals surface area contributed by atoms with Crippen molar-refractivity contribution in [3.63, 3.8) is 0 Å². The Labute approximate surface area is 129 Å². The van der Waals surface area contributed by atoms with Crippen molar-refractivity contribution in [2.75, 3.05) is 12.4 Å². The predicted molar refractivity (Wildman–Crippen MR) is 84.0 cm³/mol. The Kier molecular flexibility index (Phi) is 4.67. The summed E-state index contributed by atoms with van der Waals surface area (Å²) in [4.78, 5) is 13.4. The molecular weight excluding hydrogens is 342 g/mol. The van der Waals surface area contributed by atoms with E-state index in [1.165, 1.54) is 10.9 Å². The highest BCUT2D eigenvalue weighted by Gasteiger charge is 2.09. The predicted octanol–water partition coefficient (Wildman–Crippen LogP) is 4.14. The van der Waals surface area contributed by atoms with Crippen molar-refractivity contribution in [2.45, 2.75) is 13.5 Å². The molecule has 1 aromatic carbocycles.